The minimum Gasteiger partial charge on any atom is -0.481 e. The number of nitrogens with one attached hydrogen (secondary N) is 1. The van der Waals surface area contributed by atoms with Crippen LogP contribution in [0.1, 0.15) is 35.6 Å². The van der Waals surface area contributed by atoms with Gasteiger partial charge in [0.05, 0.1) is 16.9 Å². The number of aliphatic carboxylic acids is 1. The van der Waals surface area contributed by atoms with Gasteiger partial charge in [0.25, 0.3) is 0 Å². The predicted molar refractivity (Wildman–Crippen MR) is 128 cm³/mol. The van der Waals surface area contributed by atoms with Gasteiger partial charge in [-0.15, -0.1) is 11.8 Å². The Bertz CT molecular complexity index is 1250. The highest BCUT2D eigenvalue weighted by atomic mass is 32.2. The van der Waals surface area contributed by atoms with Gasteiger partial charge in [0.15, 0.2) is 0 Å². The molecule has 1 saturated heterocycles. The van der Waals surface area contributed by atoms with E-state index in [1.165, 1.54) is 16.2 Å². The van der Waals surface area contributed by atoms with Crippen molar-refractivity contribution in [3.63, 3.8) is 0 Å². The lowest BCUT2D eigenvalue weighted by molar-refractivity contribution is -0.142. The van der Waals surface area contributed by atoms with Crippen molar-refractivity contribution in [1.82, 2.24) is 9.88 Å². The van der Waals surface area contributed by atoms with Crippen LogP contribution < -0.4 is 4.87 Å². The van der Waals surface area contributed by atoms with Gasteiger partial charge in [0.2, 0.25) is 11.8 Å². The topological polar surface area (TPSA) is 108 Å². The Balaban J connectivity index is 1.33. The fourth-order valence-corrected chi connectivity index (χ4v) is 9.59. The number of aromatic amines is 1. The van der Waals surface area contributed by atoms with Crippen molar-refractivity contribution in [3.05, 3.63) is 56.5 Å². The van der Waals surface area contributed by atoms with Crippen LogP contribution in [0.3, 0.4) is 0 Å². The summed E-state index contributed by atoms with van der Waals surface area (Å²) in [4.78, 5) is 55.0. The number of carboxylic acids is 1. The monoisotopic (exact) mass is 496 g/mol. The predicted octanol–water partition coefficient (Wildman–Crippen LogP) is 3.44. The number of carboxylic acid groups (broad SMARTS) is 1. The number of carbonyl (C=O) groups excluding carboxylic acids is 2. The van der Waals surface area contributed by atoms with Gasteiger partial charge in [-0.3, -0.25) is 24.1 Å². The molecule has 7 atom stereocenters. The van der Waals surface area contributed by atoms with Crippen LogP contribution in [0, 0.1) is 29.6 Å². The number of aromatic nitrogens is 1. The number of carbonyl (C=O) groups is 3. The third-order valence-corrected chi connectivity index (χ3v) is 10.5. The number of thioether (sulfide) groups is 1. The van der Waals surface area contributed by atoms with Gasteiger partial charge in [-0.1, -0.05) is 53.8 Å². The first-order valence-electron chi connectivity index (χ1n) is 11.6. The third kappa shape index (κ3) is 3.32. The first kappa shape index (κ1) is 21.9. The molecule has 1 aromatic carbocycles. The van der Waals surface area contributed by atoms with Gasteiger partial charge >= 0.3 is 10.8 Å². The molecule has 3 fully saturated rings. The molecule has 0 radical (unpaired) electrons. The van der Waals surface area contributed by atoms with Crippen LogP contribution in [0.4, 0.5) is 0 Å². The van der Waals surface area contributed by atoms with Crippen molar-refractivity contribution < 1.29 is 19.5 Å². The van der Waals surface area contributed by atoms with E-state index < -0.39 is 5.97 Å². The number of imide groups is 1. The Labute approximate surface area is 204 Å². The highest BCUT2D eigenvalue weighted by Gasteiger charge is 2.69. The normalized spacial score (nSPS) is 33.4. The molecular weight excluding hydrogens is 472 g/mol. The molecule has 2 aromatic rings. The molecule has 2 aliphatic carbocycles. The SMILES string of the molecule is O=C(O)CCCN1C(=O)C2C3CC(C2C1=O)C1C(/C=C/c2ccccc2)c2sc(=O)[nH]c2SC31. The van der Waals surface area contributed by atoms with E-state index in [9.17, 15) is 19.2 Å². The summed E-state index contributed by atoms with van der Waals surface area (Å²) in [5.74, 6) is -1.44. The van der Waals surface area contributed by atoms with E-state index in [0.29, 0.717) is 0 Å². The molecule has 3 heterocycles. The quantitative estimate of drug-likeness (QED) is 0.594. The Kier molecular flexibility index (Phi) is 5.29. The number of likely N-dealkylation sites (tertiary alicyclic amines) is 1. The Morgan fingerprint density at radius 3 is 2.59 bits per heavy atom. The summed E-state index contributed by atoms with van der Waals surface area (Å²) >= 11 is 2.92. The number of nitrogens with zero attached hydrogens (tertiary/aromatic N) is 1. The van der Waals surface area contributed by atoms with Crippen LogP contribution in [0.5, 0.6) is 0 Å². The van der Waals surface area contributed by atoms with E-state index in [2.05, 4.69) is 17.1 Å². The fraction of sp³-hybridized carbons (Fsp3) is 0.440. The number of hydrogen-bond donors (Lipinski definition) is 2. The number of hydrogen-bond acceptors (Lipinski definition) is 6. The molecule has 2 aliphatic heterocycles. The summed E-state index contributed by atoms with van der Waals surface area (Å²) < 4.78 is 0. The van der Waals surface area contributed by atoms with Gasteiger partial charge in [0.1, 0.15) is 0 Å². The molecule has 2 amide bonds. The van der Waals surface area contributed by atoms with E-state index in [1.54, 1.807) is 11.8 Å². The molecule has 2 bridgehead atoms. The first-order valence-corrected chi connectivity index (χ1v) is 13.3. The minimum absolute atomic E-state index is 0.0188. The summed E-state index contributed by atoms with van der Waals surface area (Å²) in [5.41, 5.74) is 1.08. The van der Waals surface area contributed by atoms with Crippen molar-refractivity contribution in [1.29, 1.82) is 0 Å². The highest BCUT2D eigenvalue weighted by Crippen LogP contribution is 2.67. The average Bonchev–Trinajstić information content (AvgIpc) is 3.54. The molecule has 2 N–H and O–H groups in total. The van der Waals surface area contributed by atoms with Crippen molar-refractivity contribution in [2.45, 2.75) is 35.5 Å². The van der Waals surface area contributed by atoms with Crippen LogP contribution in [-0.4, -0.2) is 44.6 Å². The molecule has 4 aliphatic rings. The molecule has 7 unspecified atom stereocenters. The number of amides is 2. The Hall–Kier alpha value is -2.65. The molecule has 2 saturated carbocycles. The molecule has 176 valence electrons. The van der Waals surface area contributed by atoms with Crippen molar-refractivity contribution in [2.24, 2.45) is 29.6 Å². The molecular formula is C25H24N2O5S2. The average molecular weight is 497 g/mol. The second kappa shape index (κ2) is 8.23. The lowest BCUT2D eigenvalue weighted by Crippen LogP contribution is -2.42. The smallest absolute Gasteiger partial charge is 0.305 e. The maximum absolute atomic E-state index is 13.4. The minimum atomic E-state index is -0.921. The van der Waals surface area contributed by atoms with Gasteiger partial charge in [-0.25, -0.2) is 0 Å². The summed E-state index contributed by atoms with van der Waals surface area (Å²) in [7, 11) is 0. The highest BCUT2D eigenvalue weighted by molar-refractivity contribution is 8.00. The number of thiazole rings is 1. The largest absolute Gasteiger partial charge is 0.481 e. The maximum Gasteiger partial charge on any atom is 0.305 e. The Morgan fingerprint density at radius 2 is 1.85 bits per heavy atom. The zero-order valence-electron chi connectivity index (χ0n) is 18.3. The number of benzene rings is 1. The fourth-order valence-electron chi connectivity index (χ4n) is 6.73. The van der Waals surface area contributed by atoms with Gasteiger partial charge < -0.3 is 10.1 Å². The zero-order chi connectivity index (χ0) is 23.6. The summed E-state index contributed by atoms with van der Waals surface area (Å²) in [6.45, 7) is 0.177. The second-order valence-corrected chi connectivity index (χ2v) is 11.8. The lowest BCUT2D eigenvalue weighted by atomic mass is 9.69. The molecule has 9 heteroatoms. The number of fused-ring (bicyclic) bond motifs is 9. The second-order valence-electron chi connectivity index (χ2n) is 9.60. The molecule has 0 spiro atoms. The molecule has 7 nitrogen and oxygen atoms in total. The maximum atomic E-state index is 13.4. The van der Waals surface area contributed by atoms with Crippen molar-refractivity contribution in [3.8, 4) is 0 Å². The Morgan fingerprint density at radius 1 is 1.12 bits per heavy atom. The molecule has 6 rings (SSSR count). The summed E-state index contributed by atoms with van der Waals surface area (Å²) in [5, 5.41) is 10.0. The van der Waals surface area contributed by atoms with Crippen LogP contribution in [0.2, 0.25) is 0 Å². The third-order valence-electron chi connectivity index (χ3n) is 7.93. The zero-order valence-corrected chi connectivity index (χ0v) is 19.9. The van der Waals surface area contributed by atoms with Crippen LogP contribution in [0.15, 0.2) is 46.2 Å². The van der Waals surface area contributed by atoms with E-state index >= 15 is 0 Å². The molecule has 34 heavy (non-hydrogen) atoms. The van der Waals surface area contributed by atoms with Gasteiger partial charge in [-0.2, -0.15) is 0 Å². The summed E-state index contributed by atoms with van der Waals surface area (Å²) in [6.07, 6.45) is 5.35. The van der Waals surface area contributed by atoms with Gasteiger partial charge in [0, 0.05) is 29.0 Å². The van der Waals surface area contributed by atoms with E-state index in [-0.39, 0.29) is 76.8 Å². The van der Waals surface area contributed by atoms with Crippen LogP contribution in [-0.2, 0) is 14.4 Å². The van der Waals surface area contributed by atoms with Crippen molar-refractivity contribution in [2.75, 3.05) is 6.54 Å². The number of allylic oxidation sites excluding steroid dienone is 1. The lowest BCUT2D eigenvalue weighted by Gasteiger charge is -2.41. The van der Waals surface area contributed by atoms with Gasteiger partial charge in [-0.05, 0) is 36.2 Å². The first-order chi connectivity index (χ1) is 16.4. The summed E-state index contributed by atoms with van der Waals surface area (Å²) in [6, 6.07) is 10.0. The number of rotatable bonds is 6. The molecule has 1 aromatic heterocycles. The van der Waals surface area contributed by atoms with Crippen LogP contribution >= 0.6 is 23.1 Å². The van der Waals surface area contributed by atoms with E-state index in [1.807, 2.05) is 30.3 Å². The van der Waals surface area contributed by atoms with Crippen LogP contribution in [0.25, 0.3) is 6.08 Å². The number of H-pyrrole nitrogens is 1. The van der Waals surface area contributed by atoms with E-state index in [0.717, 1.165) is 21.9 Å². The van der Waals surface area contributed by atoms with E-state index in [4.69, 9.17) is 5.11 Å². The standard InChI is InChI=1S/C25H24N2O5S2/c28-16(29)7-4-10-27-23(30)18-14-11-15(19(18)24(27)31)20-17(14)13(9-8-12-5-2-1-3-6-12)21-22(33-20)26-25(32)34-21/h1-3,5-6,8-9,13-15,17-20H,4,7,10-11H2,(H,26,32)(H,28,29)/b9-8+. The van der Waals surface area contributed by atoms with Crippen molar-refractivity contribution >= 4 is 47.0 Å².